The smallest absolute Gasteiger partial charge is 0.338 e. The van der Waals surface area contributed by atoms with Crippen LogP contribution in [-0.2, 0) is 9.47 Å². The molecule has 0 heterocycles. The minimum atomic E-state index is -0.373. The molecule has 0 N–H and O–H groups in total. The number of benzene rings is 2. The fraction of sp³-hybridized carbons (Fsp3) is 0.400. The monoisotopic (exact) mass is 328 g/mol. The summed E-state index contributed by atoms with van der Waals surface area (Å²) < 4.78 is 10.6. The predicted octanol–water partition coefficient (Wildman–Crippen LogP) is 4.47. The molecule has 4 heteroatoms. The number of carbonyl (C=O) groups excluding carboxylic acids is 2. The van der Waals surface area contributed by atoms with Crippen LogP contribution in [-0.4, -0.2) is 25.2 Å². The second-order valence-electron chi connectivity index (χ2n) is 6.69. The summed E-state index contributed by atoms with van der Waals surface area (Å²) in [6.07, 6.45) is 0. The fourth-order valence-corrected chi connectivity index (χ4v) is 2.30. The molecule has 0 fully saturated rings. The summed E-state index contributed by atoms with van der Waals surface area (Å²) in [7, 11) is 0. The third-order valence-electron chi connectivity index (χ3n) is 3.46. The Morgan fingerprint density at radius 3 is 1.46 bits per heavy atom. The maximum Gasteiger partial charge on any atom is 0.338 e. The number of hydrogen-bond acceptors (Lipinski definition) is 4. The Morgan fingerprint density at radius 1 is 0.750 bits per heavy atom. The summed E-state index contributed by atoms with van der Waals surface area (Å²) in [5.74, 6) is -0.208. The Bertz CT molecular complexity index is 669. The van der Waals surface area contributed by atoms with Crippen LogP contribution in [0.5, 0.6) is 0 Å². The highest BCUT2D eigenvalue weighted by atomic mass is 16.5. The maximum absolute atomic E-state index is 12.3. The SMILES string of the molecule is CC(C)COC(=O)c1ccc(C(=O)OCC(C)C)c2ccccc12. The largest absolute Gasteiger partial charge is 0.462 e. The average molecular weight is 328 g/mol. The van der Waals surface area contributed by atoms with Gasteiger partial charge in [0.1, 0.15) is 0 Å². The first-order valence-corrected chi connectivity index (χ1v) is 8.26. The summed E-state index contributed by atoms with van der Waals surface area (Å²) >= 11 is 0. The first kappa shape index (κ1) is 18.0. The topological polar surface area (TPSA) is 52.6 Å². The zero-order valence-corrected chi connectivity index (χ0v) is 14.7. The minimum Gasteiger partial charge on any atom is -0.462 e. The van der Waals surface area contributed by atoms with Gasteiger partial charge >= 0.3 is 11.9 Å². The molecule has 0 bridgehead atoms. The molecule has 2 aromatic rings. The molecule has 0 aromatic heterocycles. The van der Waals surface area contributed by atoms with Gasteiger partial charge in [0.05, 0.1) is 24.3 Å². The summed E-state index contributed by atoms with van der Waals surface area (Å²) in [6.45, 7) is 8.67. The van der Waals surface area contributed by atoms with Gasteiger partial charge in [0.25, 0.3) is 0 Å². The van der Waals surface area contributed by atoms with Crippen LogP contribution in [0.3, 0.4) is 0 Å². The molecular weight excluding hydrogens is 304 g/mol. The van der Waals surface area contributed by atoms with E-state index in [2.05, 4.69) is 0 Å². The van der Waals surface area contributed by atoms with E-state index in [-0.39, 0.29) is 23.8 Å². The van der Waals surface area contributed by atoms with E-state index < -0.39 is 0 Å². The first-order valence-electron chi connectivity index (χ1n) is 8.26. The van der Waals surface area contributed by atoms with E-state index in [1.54, 1.807) is 12.1 Å². The van der Waals surface area contributed by atoms with Gasteiger partial charge in [-0.15, -0.1) is 0 Å². The van der Waals surface area contributed by atoms with Crippen LogP contribution < -0.4 is 0 Å². The van der Waals surface area contributed by atoms with Crippen molar-refractivity contribution < 1.29 is 19.1 Å². The molecule has 0 radical (unpaired) electrons. The molecular formula is C20H24O4. The highest BCUT2D eigenvalue weighted by molar-refractivity contribution is 6.11. The number of rotatable bonds is 6. The van der Waals surface area contributed by atoms with Crippen LogP contribution in [0.2, 0.25) is 0 Å². The van der Waals surface area contributed by atoms with E-state index in [1.807, 2.05) is 52.0 Å². The zero-order valence-electron chi connectivity index (χ0n) is 14.7. The Morgan fingerprint density at radius 2 is 1.12 bits per heavy atom. The Balaban J connectivity index is 2.36. The van der Waals surface area contributed by atoms with Crippen LogP contribution in [0, 0.1) is 11.8 Å². The van der Waals surface area contributed by atoms with Crippen molar-refractivity contribution in [2.75, 3.05) is 13.2 Å². The molecule has 0 aliphatic rings. The molecule has 0 aliphatic carbocycles. The van der Waals surface area contributed by atoms with Gasteiger partial charge in [0, 0.05) is 0 Å². The van der Waals surface area contributed by atoms with E-state index in [9.17, 15) is 9.59 Å². The number of hydrogen-bond donors (Lipinski definition) is 0. The van der Waals surface area contributed by atoms with Gasteiger partial charge in [-0.1, -0.05) is 52.0 Å². The van der Waals surface area contributed by atoms with Crippen molar-refractivity contribution in [1.29, 1.82) is 0 Å². The second kappa shape index (κ2) is 7.95. The lowest BCUT2D eigenvalue weighted by Gasteiger charge is -2.12. The lowest BCUT2D eigenvalue weighted by atomic mass is 9.99. The fourth-order valence-electron chi connectivity index (χ4n) is 2.30. The van der Waals surface area contributed by atoms with Crippen LogP contribution in [0.4, 0.5) is 0 Å². The lowest BCUT2D eigenvalue weighted by Crippen LogP contribution is -2.13. The van der Waals surface area contributed by atoms with Gasteiger partial charge in [-0.2, -0.15) is 0 Å². The standard InChI is InChI=1S/C20H24O4/c1-13(2)11-23-19(21)17-9-10-18(20(22)24-12-14(3)4)16-8-6-5-7-15(16)17/h5-10,13-14H,11-12H2,1-4H3. The first-order chi connectivity index (χ1) is 11.4. The van der Waals surface area contributed by atoms with Gasteiger partial charge < -0.3 is 9.47 Å². The van der Waals surface area contributed by atoms with Crippen molar-refractivity contribution in [3.63, 3.8) is 0 Å². The van der Waals surface area contributed by atoms with Crippen molar-refractivity contribution in [3.8, 4) is 0 Å². The summed E-state index contributed by atoms with van der Waals surface area (Å²) in [4.78, 5) is 24.6. The van der Waals surface area contributed by atoms with Crippen molar-refractivity contribution in [2.24, 2.45) is 11.8 Å². The molecule has 0 atom stereocenters. The number of fused-ring (bicyclic) bond motifs is 1. The quantitative estimate of drug-likeness (QED) is 0.734. The minimum absolute atomic E-state index is 0.269. The van der Waals surface area contributed by atoms with Gasteiger partial charge in [0.2, 0.25) is 0 Å². The zero-order chi connectivity index (χ0) is 17.7. The molecule has 0 spiro atoms. The van der Waals surface area contributed by atoms with Crippen LogP contribution in [0.25, 0.3) is 10.8 Å². The Hall–Kier alpha value is -2.36. The van der Waals surface area contributed by atoms with Gasteiger partial charge in [-0.3, -0.25) is 0 Å². The molecule has 0 saturated heterocycles. The predicted molar refractivity (Wildman–Crippen MR) is 94.2 cm³/mol. The lowest BCUT2D eigenvalue weighted by molar-refractivity contribution is 0.0448. The summed E-state index contributed by atoms with van der Waals surface area (Å²) in [5, 5.41) is 1.40. The molecule has 0 aliphatic heterocycles. The normalized spacial score (nSPS) is 11.1. The molecule has 4 nitrogen and oxygen atoms in total. The Labute approximate surface area is 142 Å². The van der Waals surface area contributed by atoms with E-state index in [4.69, 9.17) is 9.47 Å². The summed E-state index contributed by atoms with van der Waals surface area (Å²) in [5.41, 5.74) is 0.929. The van der Waals surface area contributed by atoms with Crippen molar-refractivity contribution in [2.45, 2.75) is 27.7 Å². The third kappa shape index (κ3) is 4.34. The van der Waals surface area contributed by atoms with Crippen LogP contribution in [0.1, 0.15) is 48.4 Å². The highest BCUT2D eigenvalue weighted by Crippen LogP contribution is 2.24. The molecule has 0 saturated carbocycles. The van der Waals surface area contributed by atoms with Gasteiger partial charge in [0.15, 0.2) is 0 Å². The van der Waals surface area contributed by atoms with E-state index in [1.165, 1.54) is 0 Å². The second-order valence-corrected chi connectivity index (χ2v) is 6.69. The molecule has 0 unspecified atom stereocenters. The van der Waals surface area contributed by atoms with Crippen molar-refractivity contribution >= 4 is 22.7 Å². The average Bonchev–Trinajstić information content (AvgIpc) is 2.56. The van der Waals surface area contributed by atoms with Crippen molar-refractivity contribution in [1.82, 2.24) is 0 Å². The molecule has 128 valence electrons. The van der Waals surface area contributed by atoms with Crippen LogP contribution in [0.15, 0.2) is 36.4 Å². The van der Waals surface area contributed by atoms with Crippen molar-refractivity contribution in [3.05, 3.63) is 47.5 Å². The van der Waals surface area contributed by atoms with E-state index in [0.717, 1.165) is 0 Å². The number of esters is 2. The Kier molecular flexibility index (Phi) is 5.96. The number of ether oxygens (including phenoxy) is 2. The van der Waals surface area contributed by atoms with Crippen LogP contribution >= 0.6 is 0 Å². The van der Waals surface area contributed by atoms with Gasteiger partial charge in [-0.25, -0.2) is 9.59 Å². The summed E-state index contributed by atoms with van der Waals surface area (Å²) in [6, 6.07) is 10.6. The molecule has 2 rings (SSSR count). The molecule has 24 heavy (non-hydrogen) atoms. The third-order valence-corrected chi connectivity index (χ3v) is 3.46. The molecule has 0 amide bonds. The van der Waals surface area contributed by atoms with Gasteiger partial charge in [-0.05, 0) is 34.7 Å². The number of carbonyl (C=O) groups is 2. The highest BCUT2D eigenvalue weighted by Gasteiger charge is 2.18. The van der Waals surface area contributed by atoms with E-state index in [0.29, 0.717) is 35.1 Å². The van der Waals surface area contributed by atoms with E-state index >= 15 is 0 Å². The maximum atomic E-state index is 12.3. The molecule has 2 aromatic carbocycles.